The fraction of sp³-hybridized carbons (Fsp3) is 1.00. The lowest BCUT2D eigenvalue weighted by Crippen LogP contribution is -2.63. The monoisotopic (exact) mass is 196 g/mol. The summed E-state index contributed by atoms with van der Waals surface area (Å²) >= 11 is 0. The Labute approximate surface area is 85.8 Å². The molecule has 0 aromatic heterocycles. The van der Waals surface area contributed by atoms with Crippen molar-refractivity contribution in [3.63, 3.8) is 0 Å². The molecule has 3 nitrogen and oxygen atoms in total. The SMILES string of the molecule is CN1C[C@H]2CC[C@@]([C@H]3CCCO3)(C1)N2. The van der Waals surface area contributed by atoms with Gasteiger partial charge in [0.2, 0.25) is 0 Å². The minimum Gasteiger partial charge on any atom is -0.376 e. The van der Waals surface area contributed by atoms with Crippen molar-refractivity contribution in [2.45, 2.75) is 43.4 Å². The number of piperazine rings is 1. The van der Waals surface area contributed by atoms with Crippen LogP contribution in [0.4, 0.5) is 0 Å². The number of nitrogens with one attached hydrogen (secondary N) is 1. The molecule has 1 N–H and O–H groups in total. The van der Waals surface area contributed by atoms with Crippen LogP contribution in [0.1, 0.15) is 25.7 Å². The zero-order valence-electron chi connectivity index (χ0n) is 8.96. The second-order valence-electron chi connectivity index (χ2n) is 5.23. The second-order valence-corrected chi connectivity index (χ2v) is 5.23. The number of ether oxygens (including phenoxy) is 1. The van der Waals surface area contributed by atoms with Crippen molar-refractivity contribution >= 4 is 0 Å². The molecular formula is C11H20N2O. The summed E-state index contributed by atoms with van der Waals surface area (Å²) in [6, 6.07) is 0.720. The van der Waals surface area contributed by atoms with Crippen LogP contribution in [0.25, 0.3) is 0 Å². The summed E-state index contributed by atoms with van der Waals surface area (Å²) in [6.45, 7) is 3.37. The molecule has 0 aromatic rings. The van der Waals surface area contributed by atoms with Crippen LogP contribution in [0.3, 0.4) is 0 Å². The molecule has 0 aliphatic carbocycles. The molecule has 0 unspecified atom stereocenters. The molecule has 3 rings (SSSR count). The summed E-state index contributed by atoms with van der Waals surface area (Å²) in [5.41, 5.74) is 0.300. The maximum Gasteiger partial charge on any atom is 0.0770 e. The molecule has 2 bridgehead atoms. The van der Waals surface area contributed by atoms with Crippen LogP contribution in [0, 0.1) is 0 Å². The van der Waals surface area contributed by atoms with E-state index in [1.165, 1.54) is 38.8 Å². The third-order valence-corrected chi connectivity index (χ3v) is 4.06. The molecule has 0 spiro atoms. The van der Waals surface area contributed by atoms with Crippen molar-refractivity contribution < 1.29 is 4.74 Å². The van der Waals surface area contributed by atoms with E-state index >= 15 is 0 Å². The van der Waals surface area contributed by atoms with E-state index in [1.54, 1.807) is 0 Å². The van der Waals surface area contributed by atoms with Gasteiger partial charge >= 0.3 is 0 Å². The highest BCUT2D eigenvalue weighted by Crippen LogP contribution is 2.36. The van der Waals surface area contributed by atoms with E-state index in [1.807, 2.05) is 0 Å². The Morgan fingerprint density at radius 1 is 1.43 bits per heavy atom. The number of fused-ring (bicyclic) bond motifs is 2. The normalized spacial score (nSPS) is 48.6. The van der Waals surface area contributed by atoms with E-state index < -0.39 is 0 Å². The minimum atomic E-state index is 0.300. The number of rotatable bonds is 1. The minimum absolute atomic E-state index is 0.300. The Bertz CT molecular complexity index is 227. The summed E-state index contributed by atoms with van der Waals surface area (Å²) < 4.78 is 5.87. The average Bonchev–Trinajstić information content (AvgIpc) is 2.74. The van der Waals surface area contributed by atoms with Crippen molar-refractivity contribution in [2.75, 3.05) is 26.7 Å². The average molecular weight is 196 g/mol. The van der Waals surface area contributed by atoms with E-state index in [2.05, 4.69) is 17.3 Å². The molecule has 80 valence electrons. The van der Waals surface area contributed by atoms with Crippen LogP contribution in [-0.4, -0.2) is 49.3 Å². The maximum absolute atomic E-state index is 5.87. The van der Waals surface area contributed by atoms with Gasteiger partial charge in [-0.15, -0.1) is 0 Å². The predicted octanol–water partition coefficient (Wildman–Crippen LogP) is 0.602. The van der Waals surface area contributed by atoms with E-state index in [-0.39, 0.29) is 0 Å². The summed E-state index contributed by atoms with van der Waals surface area (Å²) in [7, 11) is 2.24. The fourth-order valence-corrected chi connectivity index (χ4v) is 3.54. The summed E-state index contributed by atoms with van der Waals surface area (Å²) in [4.78, 5) is 2.47. The third kappa shape index (κ3) is 1.30. The Balaban J connectivity index is 1.80. The Morgan fingerprint density at radius 3 is 3.14 bits per heavy atom. The number of hydrogen-bond acceptors (Lipinski definition) is 3. The van der Waals surface area contributed by atoms with Gasteiger partial charge in [0.15, 0.2) is 0 Å². The Morgan fingerprint density at radius 2 is 2.36 bits per heavy atom. The molecule has 3 aliphatic rings. The van der Waals surface area contributed by atoms with Gasteiger partial charge in [0.05, 0.1) is 11.6 Å². The number of likely N-dealkylation sites (tertiary alicyclic amines) is 1. The topological polar surface area (TPSA) is 24.5 Å². The van der Waals surface area contributed by atoms with Gasteiger partial charge in [0.1, 0.15) is 0 Å². The number of nitrogens with zero attached hydrogens (tertiary/aromatic N) is 1. The molecule has 3 saturated heterocycles. The summed E-state index contributed by atoms with van der Waals surface area (Å²) in [6.07, 6.45) is 5.64. The van der Waals surface area contributed by atoms with Crippen LogP contribution in [0.2, 0.25) is 0 Å². The highest BCUT2D eigenvalue weighted by Gasteiger charge is 2.49. The first kappa shape index (κ1) is 9.13. The fourth-order valence-electron chi connectivity index (χ4n) is 3.54. The molecular weight excluding hydrogens is 176 g/mol. The van der Waals surface area contributed by atoms with Crippen molar-refractivity contribution in [3.05, 3.63) is 0 Å². The van der Waals surface area contributed by atoms with Gasteiger partial charge in [-0.1, -0.05) is 0 Å². The lowest BCUT2D eigenvalue weighted by molar-refractivity contribution is 0.00591. The van der Waals surface area contributed by atoms with Gasteiger partial charge in [0, 0.05) is 25.7 Å². The third-order valence-electron chi connectivity index (χ3n) is 4.06. The predicted molar refractivity (Wildman–Crippen MR) is 55.4 cm³/mol. The molecule has 0 amide bonds. The molecule has 3 heteroatoms. The van der Waals surface area contributed by atoms with Crippen molar-refractivity contribution in [3.8, 4) is 0 Å². The lowest BCUT2D eigenvalue weighted by Gasteiger charge is -2.43. The van der Waals surface area contributed by atoms with Crippen LogP contribution in [0.15, 0.2) is 0 Å². The molecule has 0 saturated carbocycles. The largest absolute Gasteiger partial charge is 0.376 e. The van der Waals surface area contributed by atoms with Crippen molar-refractivity contribution in [2.24, 2.45) is 0 Å². The molecule has 3 fully saturated rings. The molecule has 0 aromatic carbocycles. The second kappa shape index (κ2) is 3.19. The van der Waals surface area contributed by atoms with Crippen LogP contribution < -0.4 is 5.32 Å². The van der Waals surface area contributed by atoms with Gasteiger partial charge < -0.3 is 15.0 Å². The molecule has 14 heavy (non-hydrogen) atoms. The zero-order chi connectivity index (χ0) is 9.60. The van der Waals surface area contributed by atoms with Gasteiger partial charge in [-0.2, -0.15) is 0 Å². The Kier molecular flexibility index (Phi) is 2.08. The summed E-state index contributed by atoms with van der Waals surface area (Å²) in [5, 5.41) is 3.81. The first-order valence-electron chi connectivity index (χ1n) is 5.86. The first-order chi connectivity index (χ1) is 6.78. The van der Waals surface area contributed by atoms with E-state index in [0.717, 1.165) is 12.6 Å². The molecule has 3 aliphatic heterocycles. The van der Waals surface area contributed by atoms with Gasteiger partial charge in [-0.25, -0.2) is 0 Å². The number of likely N-dealkylation sites (N-methyl/N-ethyl adjacent to an activating group) is 1. The van der Waals surface area contributed by atoms with E-state index in [9.17, 15) is 0 Å². The van der Waals surface area contributed by atoms with Gasteiger partial charge in [-0.3, -0.25) is 0 Å². The quantitative estimate of drug-likeness (QED) is 0.665. The van der Waals surface area contributed by atoms with Gasteiger partial charge in [-0.05, 0) is 32.7 Å². The molecule has 3 atom stereocenters. The molecule has 0 radical (unpaired) electrons. The zero-order valence-corrected chi connectivity index (χ0v) is 8.96. The smallest absolute Gasteiger partial charge is 0.0770 e. The summed E-state index contributed by atoms with van der Waals surface area (Å²) in [5.74, 6) is 0. The lowest BCUT2D eigenvalue weighted by atomic mass is 9.88. The highest BCUT2D eigenvalue weighted by atomic mass is 16.5. The van der Waals surface area contributed by atoms with Crippen molar-refractivity contribution in [1.82, 2.24) is 10.2 Å². The first-order valence-corrected chi connectivity index (χ1v) is 5.86. The van der Waals surface area contributed by atoms with E-state index in [0.29, 0.717) is 11.6 Å². The van der Waals surface area contributed by atoms with Crippen molar-refractivity contribution in [1.29, 1.82) is 0 Å². The van der Waals surface area contributed by atoms with E-state index in [4.69, 9.17) is 4.74 Å². The standard InChI is InChI=1S/C11H20N2O/c1-13-7-9-4-5-11(8-13,12-9)10-3-2-6-14-10/h9-10,12H,2-8H2,1H3/t9-,10-,11+/m1/s1. The number of hydrogen-bond donors (Lipinski definition) is 1. The van der Waals surface area contributed by atoms with Crippen LogP contribution in [0.5, 0.6) is 0 Å². The maximum atomic E-state index is 5.87. The Hall–Kier alpha value is -0.120. The molecule has 3 heterocycles. The highest BCUT2D eigenvalue weighted by molar-refractivity contribution is 5.09. The van der Waals surface area contributed by atoms with Crippen LogP contribution in [-0.2, 0) is 4.74 Å². The van der Waals surface area contributed by atoms with Crippen LogP contribution >= 0.6 is 0 Å². The van der Waals surface area contributed by atoms with Gasteiger partial charge in [0.25, 0.3) is 0 Å².